The number of ketones is 1. The van der Waals surface area contributed by atoms with E-state index in [4.69, 9.17) is 28.4 Å². The van der Waals surface area contributed by atoms with Crippen LogP contribution in [0.1, 0.15) is 86.0 Å². The van der Waals surface area contributed by atoms with Crippen LogP contribution in [-0.4, -0.2) is 94.0 Å². The lowest BCUT2D eigenvalue weighted by Crippen LogP contribution is -2.60. The Balaban J connectivity index is 2.05. The standard InChI is InChI=1S/C38H51NO13/c1-17(2)34(43)50-28-20(6)27(48-23(9)41)25-26(47-22(8)40)19(5)15-38(25,46)31(42)21(7)29-32(49-29)37(10,11)33(30(28)51-35(44)18(3)4)52-36(45)24-13-12-14-39-16-24/h12-14,16-19,21,25-30,32-33,46H,6,15H2,1-5,7-11H3/t19-,21+,25+,26-,27-,28-,29+,30+,32-,33+,38+/m0/s1. The highest BCUT2D eigenvalue weighted by Gasteiger charge is 2.68. The summed E-state index contributed by atoms with van der Waals surface area (Å²) in [5.74, 6) is -9.12. The van der Waals surface area contributed by atoms with E-state index in [0.717, 1.165) is 6.92 Å². The number of Topliss-reactive ketones (excluding diaryl/α,β-unsaturated/α-hetero) is 1. The Hall–Kier alpha value is -4.17. The zero-order valence-electron chi connectivity index (χ0n) is 31.4. The number of rotatable bonds is 8. The summed E-state index contributed by atoms with van der Waals surface area (Å²) < 4.78 is 36.2. The van der Waals surface area contributed by atoms with Crippen LogP contribution in [0.3, 0.4) is 0 Å². The molecule has 52 heavy (non-hydrogen) atoms. The van der Waals surface area contributed by atoms with Crippen molar-refractivity contribution in [2.24, 2.45) is 35.0 Å². The SMILES string of the molecule is C=C1[C@H](OC(=O)C(C)C)[C@@H](OC(=O)C(C)C)[C@@H](OC(=O)c2cccnc2)C(C)(C)[C@H]2O[C@@H]2[C@@H](C)C(=O)[C@@]2(O)C[C@H](C)[C@H](OC(C)=O)[C@@H]2[C@H]1OC(C)=O. The molecule has 3 aliphatic rings. The van der Waals surface area contributed by atoms with E-state index in [2.05, 4.69) is 11.6 Å². The van der Waals surface area contributed by atoms with Gasteiger partial charge >= 0.3 is 29.8 Å². The maximum absolute atomic E-state index is 14.5. The molecule has 1 saturated heterocycles. The smallest absolute Gasteiger partial charge is 0.340 e. The number of esters is 5. The molecule has 2 heterocycles. The van der Waals surface area contributed by atoms with E-state index in [1.807, 2.05) is 0 Å². The van der Waals surface area contributed by atoms with Crippen LogP contribution in [0.4, 0.5) is 0 Å². The van der Waals surface area contributed by atoms with Crippen molar-refractivity contribution in [3.63, 3.8) is 0 Å². The number of aromatic nitrogens is 1. The highest BCUT2D eigenvalue weighted by molar-refractivity contribution is 5.91. The number of carbonyl (C=O) groups is 6. The molecule has 0 bridgehead atoms. The lowest BCUT2D eigenvalue weighted by atomic mass is 9.70. The first-order valence-corrected chi connectivity index (χ1v) is 17.6. The molecule has 4 rings (SSSR count). The van der Waals surface area contributed by atoms with E-state index in [0.29, 0.717) is 0 Å². The molecule has 11 atom stereocenters. The van der Waals surface area contributed by atoms with Gasteiger partial charge in [-0.3, -0.25) is 29.0 Å². The van der Waals surface area contributed by atoms with Crippen LogP contribution >= 0.6 is 0 Å². The number of pyridine rings is 1. The Morgan fingerprint density at radius 2 is 1.50 bits per heavy atom. The maximum Gasteiger partial charge on any atom is 0.340 e. The van der Waals surface area contributed by atoms with E-state index < -0.39 is 119 Å². The summed E-state index contributed by atoms with van der Waals surface area (Å²) >= 11 is 0. The molecule has 1 aliphatic heterocycles. The van der Waals surface area contributed by atoms with Crippen molar-refractivity contribution in [2.45, 2.75) is 124 Å². The fraction of sp³-hybridized carbons (Fsp3) is 0.658. The average molecular weight is 730 g/mol. The number of aliphatic hydroxyl groups is 1. The Morgan fingerprint density at radius 3 is 2.04 bits per heavy atom. The predicted octanol–water partition coefficient (Wildman–Crippen LogP) is 3.56. The van der Waals surface area contributed by atoms with Gasteiger partial charge in [0.15, 0.2) is 24.1 Å². The first-order valence-electron chi connectivity index (χ1n) is 17.6. The summed E-state index contributed by atoms with van der Waals surface area (Å²) in [5, 5.41) is 12.5. The number of carbonyl (C=O) groups excluding carboxylic acids is 6. The fourth-order valence-electron chi connectivity index (χ4n) is 7.44. The van der Waals surface area contributed by atoms with Crippen molar-refractivity contribution < 1.29 is 62.3 Å². The number of fused-ring (bicyclic) bond motifs is 2. The van der Waals surface area contributed by atoms with E-state index in [1.54, 1.807) is 55.4 Å². The predicted molar refractivity (Wildman–Crippen MR) is 182 cm³/mol. The first kappa shape index (κ1) is 40.6. The molecule has 0 aromatic carbocycles. The van der Waals surface area contributed by atoms with E-state index in [-0.39, 0.29) is 17.6 Å². The topological polar surface area (TPSA) is 194 Å². The summed E-state index contributed by atoms with van der Waals surface area (Å²) in [5.41, 5.74) is -3.68. The second-order valence-corrected chi connectivity index (χ2v) is 15.4. The summed E-state index contributed by atoms with van der Waals surface area (Å²) in [7, 11) is 0. The Morgan fingerprint density at radius 1 is 0.904 bits per heavy atom. The highest BCUT2D eigenvalue weighted by atomic mass is 16.6. The number of epoxide rings is 1. The number of ether oxygens (including phenoxy) is 6. The molecule has 14 nitrogen and oxygen atoms in total. The number of hydrogen-bond acceptors (Lipinski definition) is 14. The van der Waals surface area contributed by atoms with Crippen LogP contribution in [0.2, 0.25) is 0 Å². The largest absolute Gasteiger partial charge is 0.462 e. The van der Waals surface area contributed by atoms with Gasteiger partial charge in [0.25, 0.3) is 0 Å². The molecule has 1 aromatic heterocycles. The first-order chi connectivity index (χ1) is 24.1. The van der Waals surface area contributed by atoms with Gasteiger partial charge in [0.2, 0.25) is 0 Å². The van der Waals surface area contributed by atoms with Crippen molar-refractivity contribution in [2.75, 3.05) is 0 Å². The minimum Gasteiger partial charge on any atom is -0.462 e. The second kappa shape index (κ2) is 15.4. The van der Waals surface area contributed by atoms with Gasteiger partial charge in [0.1, 0.15) is 17.8 Å². The third-order valence-electron chi connectivity index (χ3n) is 10.2. The van der Waals surface area contributed by atoms with Gasteiger partial charge in [0, 0.05) is 43.1 Å². The second-order valence-electron chi connectivity index (χ2n) is 15.4. The van der Waals surface area contributed by atoms with Crippen LogP contribution in [0.5, 0.6) is 0 Å². The van der Waals surface area contributed by atoms with Gasteiger partial charge in [-0.25, -0.2) is 4.79 Å². The van der Waals surface area contributed by atoms with Crippen LogP contribution < -0.4 is 0 Å². The minimum absolute atomic E-state index is 0.0664. The molecule has 1 aromatic rings. The van der Waals surface area contributed by atoms with Gasteiger partial charge in [-0.15, -0.1) is 0 Å². The number of nitrogens with zero attached hydrogens (tertiary/aromatic N) is 1. The monoisotopic (exact) mass is 729 g/mol. The summed E-state index contributed by atoms with van der Waals surface area (Å²) in [6.07, 6.45) is -6.70. The minimum atomic E-state index is -2.26. The Bertz CT molecular complexity index is 1570. The van der Waals surface area contributed by atoms with Crippen molar-refractivity contribution in [1.82, 2.24) is 4.98 Å². The van der Waals surface area contributed by atoms with E-state index in [9.17, 15) is 33.9 Å². The Labute approximate surface area is 303 Å². The van der Waals surface area contributed by atoms with E-state index >= 15 is 0 Å². The zero-order chi connectivity index (χ0) is 39.0. The summed E-state index contributed by atoms with van der Waals surface area (Å²) in [4.78, 5) is 84.7. The van der Waals surface area contributed by atoms with Crippen molar-refractivity contribution >= 4 is 35.6 Å². The van der Waals surface area contributed by atoms with Gasteiger partial charge in [-0.1, -0.05) is 62.0 Å². The van der Waals surface area contributed by atoms with Crippen LogP contribution in [0.25, 0.3) is 0 Å². The molecule has 2 saturated carbocycles. The average Bonchev–Trinajstić information content (AvgIpc) is 3.84. The third kappa shape index (κ3) is 8.07. The fourth-order valence-corrected chi connectivity index (χ4v) is 7.44. The normalized spacial score (nSPS) is 34.2. The van der Waals surface area contributed by atoms with Crippen molar-refractivity contribution in [3.05, 3.63) is 42.2 Å². The molecule has 0 radical (unpaired) electrons. The van der Waals surface area contributed by atoms with Gasteiger partial charge < -0.3 is 33.5 Å². The quantitative estimate of drug-likeness (QED) is 0.177. The summed E-state index contributed by atoms with van der Waals surface area (Å²) in [6.45, 7) is 19.4. The molecule has 1 N–H and O–H groups in total. The molecule has 0 amide bonds. The zero-order valence-corrected chi connectivity index (χ0v) is 31.4. The highest BCUT2D eigenvalue weighted by Crippen LogP contribution is 2.53. The third-order valence-corrected chi connectivity index (χ3v) is 10.2. The molecular formula is C38H51NO13. The lowest BCUT2D eigenvalue weighted by molar-refractivity contribution is -0.191. The van der Waals surface area contributed by atoms with Gasteiger partial charge in [0.05, 0.1) is 35.5 Å². The van der Waals surface area contributed by atoms with Crippen LogP contribution in [0, 0.1) is 35.0 Å². The molecular weight excluding hydrogens is 678 g/mol. The van der Waals surface area contributed by atoms with Gasteiger partial charge in [-0.2, -0.15) is 0 Å². The molecule has 3 fully saturated rings. The number of hydrogen-bond donors (Lipinski definition) is 1. The van der Waals surface area contributed by atoms with Crippen molar-refractivity contribution in [3.8, 4) is 0 Å². The van der Waals surface area contributed by atoms with Crippen LogP contribution in [0.15, 0.2) is 36.7 Å². The Kier molecular flexibility index (Phi) is 12.1. The lowest BCUT2D eigenvalue weighted by Gasteiger charge is -2.44. The summed E-state index contributed by atoms with van der Waals surface area (Å²) in [6, 6.07) is 3.02. The molecule has 286 valence electrons. The molecule has 14 heteroatoms. The molecule has 2 aliphatic carbocycles. The maximum atomic E-state index is 14.5. The van der Waals surface area contributed by atoms with Gasteiger partial charge in [-0.05, 0) is 24.5 Å². The molecule has 0 spiro atoms. The van der Waals surface area contributed by atoms with Crippen LogP contribution in [-0.2, 0) is 52.4 Å². The van der Waals surface area contributed by atoms with Crippen molar-refractivity contribution in [1.29, 1.82) is 0 Å². The van der Waals surface area contributed by atoms with E-state index in [1.165, 1.54) is 31.5 Å². The molecule has 0 unspecified atom stereocenters.